The zero-order valence-electron chi connectivity index (χ0n) is 17.4. The summed E-state index contributed by atoms with van der Waals surface area (Å²) in [7, 11) is 1.83. The lowest BCUT2D eigenvalue weighted by Gasteiger charge is -2.17. The Balaban J connectivity index is 1.38. The lowest BCUT2D eigenvalue weighted by molar-refractivity contribution is -0.130. The second kappa shape index (κ2) is 9.92. The molecule has 0 spiro atoms. The molecule has 0 atom stereocenters. The first-order chi connectivity index (χ1) is 14.0. The molecule has 0 saturated carbocycles. The summed E-state index contributed by atoms with van der Waals surface area (Å²) in [5.41, 5.74) is 4.30. The number of aryl methyl sites for hydroxylation is 3. The fourth-order valence-corrected chi connectivity index (χ4v) is 3.04. The molecule has 0 N–H and O–H groups in total. The van der Waals surface area contributed by atoms with Gasteiger partial charge in [-0.1, -0.05) is 41.6 Å². The third kappa shape index (κ3) is 5.95. The van der Waals surface area contributed by atoms with Crippen molar-refractivity contribution in [3.05, 3.63) is 71.5 Å². The highest BCUT2D eigenvalue weighted by atomic mass is 16.5. The average molecular weight is 392 g/mol. The van der Waals surface area contributed by atoms with Gasteiger partial charge in [0.25, 0.3) is 0 Å². The van der Waals surface area contributed by atoms with Gasteiger partial charge in [-0.25, -0.2) is 0 Å². The quantitative estimate of drug-likeness (QED) is 0.524. The predicted octanol–water partition coefficient (Wildman–Crippen LogP) is 4.82. The molecule has 0 aliphatic rings. The smallest absolute Gasteiger partial charge is 0.225 e. The van der Waals surface area contributed by atoms with Gasteiger partial charge in [-0.15, -0.1) is 0 Å². The molecule has 0 bridgehead atoms. The fraction of sp³-hybridized carbons (Fsp3) is 0.333. The van der Waals surface area contributed by atoms with Crippen molar-refractivity contribution in [2.24, 2.45) is 0 Å². The Kier molecular flexibility index (Phi) is 7.06. The number of carbonyl (C=O) groups excluding carboxylic acids is 1. The van der Waals surface area contributed by atoms with Gasteiger partial charge in [0.1, 0.15) is 17.2 Å². The molecular formula is C24H28N2O3. The van der Waals surface area contributed by atoms with E-state index in [1.54, 1.807) is 4.90 Å². The molecule has 5 heteroatoms. The molecule has 29 heavy (non-hydrogen) atoms. The number of amides is 1. The number of aromatic nitrogens is 1. The van der Waals surface area contributed by atoms with Crippen molar-refractivity contribution in [3.8, 4) is 17.0 Å². The van der Waals surface area contributed by atoms with Gasteiger partial charge in [0.05, 0.1) is 13.0 Å². The van der Waals surface area contributed by atoms with Gasteiger partial charge in [0, 0.05) is 31.6 Å². The van der Waals surface area contributed by atoms with Gasteiger partial charge >= 0.3 is 0 Å². The number of nitrogens with zero attached hydrogens (tertiary/aromatic N) is 2. The van der Waals surface area contributed by atoms with Crippen molar-refractivity contribution >= 4 is 5.91 Å². The second-order valence-corrected chi connectivity index (χ2v) is 7.31. The number of rotatable bonds is 9. The molecule has 1 aromatic heterocycles. The summed E-state index contributed by atoms with van der Waals surface area (Å²) in [4.78, 5) is 14.0. The molecule has 1 amide bonds. The largest absolute Gasteiger partial charge is 0.493 e. The molecule has 0 fully saturated rings. The third-order valence-corrected chi connectivity index (χ3v) is 5.03. The highest BCUT2D eigenvalue weighted by Crippen LogP contribution is 2.19. The van der Waals surface area contributed by atoms with Gasteiger partial charge in [-0.05, 0) is 43.5 Å². The van der Waals surface area contributed by atoms with Crippen LogP contribution in [0, 0.1) is 13.8 Å². The third-order valence-electron chi connectivity index (χ3n) is 5.03. The normalized spacial score (nSPS) is 10.7. The predicted molar refractivity (Wildman–Crippen MR) is 114 cm³/mol. The van der Waals surface area contributed by atoms with E-state index in [9.17, 15) is 4.79 Å². The molecular weight excluding hydrogens is 364 g/mol. The summed E-state index contributed by atoms with van der Waals surface area (Å²) in [6.45, 7) is 5.18. The lowest BCUT2D eigenvalue weighted by atomic mass is 10.1. The molecule has 3 aromatic rings. The van der Waals surface area contributed by atoms with E-state index < -0.39 is 0 Å². The highest BCUT2D eigenvalue weighted by Gasteiger charge is 2.11. The first kappa shape index (κ1) is 20.6. The summed E-state index contributed by atoms with van der Waals surface area (Å²) in [6, 6.07) is 17.9. The minimum atomic E-state index is 0.0800. The maximum absolute atomic E-state index is 12.3. The fourth-order valence-electron chi connectivity index (χ4n) is 3.04. The van der Waals surface area contributed by atoms with E-state index in [0.29, 0.717) is 19.6 Å². The number of hydrogen-bond acceptors (Lipinski definition) is 4. The van der Waals surface area contributed by atoms with E-state index >= 15 is 0 Å². The first-order valence-corrected chi connectivity index (χ1v) is 9.98. The van der Waals surface area contributed by atoms with Gasteiger partial charge < -0.3 is 14.2 Å². The topological polar surface area (TPSA) is 55.6 Å². The summed E-state index contributed by atoms with van der Waals surface area (Å²) in [5.74, 6) is 1.72. The van der Waals surface area contributed by atoms with E-state index in [4.69, 9.17) is 9.26 Å². The Hall–Kier alpha value is -3.08. The first-order valence-electron chi connectivity index (χ1n) is 9.98. The van der Waals surface area contributed by atoms with Gasteiger partial charge in [0.2, 0.25) is 5.91 Å². The van der Waals surface area contributed by atoms with E-state index in [1.165, 1.54) is 11.1 Å². The second-order valence-electron chi connectivity index (χ2n) is 7.31. The standard InChI is InChI=1S/C24H28N2O3/c1-18-11-12-21(16-19(18)2)28-15-13-24(27)26(3)14-7-10-22-17-23(25-29-22)20-8-5-4-6-9-20/h4-6,8-9,11-12,16-17H,7,10,13-15H2,1-3H3. The highest BCUT2D eigenvalue weighted by molar-refractivity contribution is 5.75. The monoisotopic (exact) mass is 392 g/mol. The van der Waals surface area contributed by atoms with E-state index in [-0.39, 0.29) is 5.91 Å². The van der Waals surface area contributed by atoms with Gasteiger partial charge in [-0.2, -0.15) is 0 Å². The minimum absolute atomic E-state index is 0.0800. The van der Waals surface area contributed by atoms with Crippen LogP contribution in [0.1, 0.15) is 29.7 Å². The van der Waals surface area contributed by atoms with E-state index in [1.807, 2.05) is 61.6 Å². The van der Waals surface area contributed by atoms with Crippen LogP contribution in [0.2, 0.25) is 0 Å². The van der Waals surface area contributed by atoms with Crippen molar-refractivity contribution in [2.75, 3.05) is 20.2 Å². The van der Waals surface area contributed by atoms with Crippen molar-refractivity contribution < 1.29 is 14.1 Å². The average Bonchev–Trinajstić information content (AvgIpc) is 3.20. The van der Waals surface area contributed by atoms with Crippen LogP contribution < -0.4 is 4.74 Å². The molecule has 1 heterocycles. The summed E-state index contributed by atoms with van der Waals surface area (Å²) in [6.07, 6.45) is 1.93. The number of carbonyl (C=O) groups is 1. The van der Waals surface area contributed by atoms with Crippen LogP contribution in [0.3, 0.4) is 0 Å². The van der Waals surface area contributed by atoms with Crippen molar-refractivity contribution in [2.45, 2.75) is 33.1 Å². The molecule has 5 nitrogen and oxygen atoms in total. The van der Waals surface area contributed by atoms with Crippen LogP contribution in [0.4, 0.5) is 0 Å². The van der Waals surface area contributed by atoms with Crippen LogP contribution in [0.5, 0.6) is 5.75 Å². The van der Waals surface area contributed by atoms with Crippen molar-refractivity contribution in [3.63, 3.8) is 0 Å². The van der Waals surface area contributed by atoms with Crippen LogP contribution >= 0.6 is 0 Å². The molecule has 0 unspecified atom stereocenters. The van der Waals surface area contributed by atoms with Crippen LogP contribution in [0.25, 0.3) is 11.3 Å². The van der Waals surface area contributed by atoms with Crippen LogP contribution in [0.15, 0.2) is 59.1 Å². The van der Waals surface area contributed by atoms with E-state index in [2.05, 4.69) is 19.0 Å². The number of hydrogen-bond donors (Lipinski definition) is 0. The Morgan fingerprint density at radius 1 is 1.07 bits per heavy atom. The van der Waals surface area contributed by atoms with Crippen LogP contribution in [-0.2, 0) is 11.2 Å². The SMILES string of the molecule is Cc1ccc(OCCC(=O)N(C)CCCc2cc(-c3ccccc3)no2)cc1C. The van der Waals surface area contributed by atoms with Gasteiger partial charge in [-0.3, -0.25) is 4.79 Å². The van der Waals surface area contributed by atoms with Crippen LogP contribution in [-0.4, -0.2) is 36.2 Å². The van der Waals surface area contributed by atoms with Crippen molar-refractivity contribution in [1.82, 2.24) is 10.1 Å². The molecule has 0 radical (unpaired) electrons. The molecule has 0 aliphatic heterocycles. The summed E-state index contributed by atoms with van der Waals surface area (Å²) >= 11 is 0. The Labute approximate surface area is 172 Å². The van der Waals surface area contributed by atoms with Gasteiger partial charge in [0.15, 0.2) is 0 Å². The number of ether oxygens (including phenoxy) is 1. The summed E-state index contributed by atoms with van der Waals surface area (Å²) in [5, 5.41) is 4.13. The maximum atomic E-state index is 12.3. The van der Waals surface area contributed by atoms with Crippen molar-refractivity contribution in [1.29, 1.82) is 0 Å². The molecule has 152 valence electrons. The zero-order valence-corrected chi connectivity index (χ0v) is 17.4. The molecule has 0 saturated heterocycles. The minimum Gasteiger partial charge on any atom is -0.493 e. The molecule has 3 rings (SSSR count). The Morgan fingerprint density at radius 3 is 2.62 bits per heavy atom. The maximum Gasteiger partial charge on any atom is 0.225 e. The number of benzene rings is 2. The molecule has 2 aromatic carbocycles. The zero-order chi connectivity index (χ0) is 20.6. The lowest BCUT2D eigenvalue weighted by Crippen LogP contribution is -2.29. The Bertz CT molecular complexity index is 934. The Morgan fingerprint density at radius 2 is 1.86 bits per heavy atom. The molecule has 0 aliphatic carbocycles. The summed E-state index contributed by atoms with van der Waals surface area (Å²) < 4.78 is 11.1. The van der Waals surface area contributed by atoms with E-state index in [0.717, 1.165) is 35.6 Å².